The lowest BCUT2D eigenvalue weighted by molar-refractivity contribution is -0.394. The summed E-state index contributed by atoms with van der Waals surface area (Å²) in [5.74, 6) is 0.541. The van der Waals surface area contributed by atoms with Gasteiger partial charge in [0.1, 0.15) is 0 Å². The second-order valence-electron chi connectivity index (χ2n) is 5.05. The first-order valence-electron chi connectivity index (χ1n) is 7.07. The summed E-state index contributed by atoms with van der Waals surface area (Å²) in [5.41, 5.74) is 0.386. The zero-order chi connectivity index (χ0) is 18.7. The Balaban J connectivity index is 1.77. The lowest BCUT2D eigenvalue weighted by atomic mass is 10.2. The molecular weight excluding hydrogens is 384 g/mol. The van der Waals surface area contributed by atoms with Crippen LogP contribution in [0.25, 0.3) is 11.4 Å². The average Bonchev–Trinajstić information content (AvgIpc) is 3.08. The number of benzene rings is 2. The van der Waals surface area contributed by atoms with Crippen LogP contribution in [0.4, 0.5) is 11.4 Å². The fourth-order valence-corrected chi connectivity index (χ4v) is 3.00. The minimum absolute atomic E-state index is 0.194. The van der Waals surface area contributed by atoms with Crippen LogP contribution in [-0.4, -0.2) is 20.0 Å². The van der Waals surface area contributed by atoms with Crippen molar-refractivity contribution >= 4 is 34.7 Å². The summed E-state index contributed by atoms with van der Waals surface area (Å²) >= 11 is 7.04. The van der Waals surface area contributed by atoms with E-state index in [1.807, 2.05) is 0 Å². The number of hydrogen-bond acceptors (Lipinski definition) is 8. The van der Waals surface area contributed by atoms with Gasteiger partial charge < -0.3 is 4.52 Å². The first kappa shape index (κ1) is 17.8. The van der Waals surface area contributed by atoms with Crippen molar-refractivity contribution in [1.82, 2.24) is 10.1 Å². The van der Waals surface area contributed by atoms with E-state index in [-0.39, 0.29) is 22.4 Å². The number of nitrogens with zero attached hydrogens (tertiary/aromatic N) is 4. The van der Waals surface area contributed by atoms with Crippen LogP contribution in [0.5, 0.6) is 0 Å². The maximum absolute atomic E-state index is 10.9. The Hall–Kier alpha value is -2.98. The molecule has 1 heterocycles. The van der Waals surface area contributed by atoms with E-state index in [9.17, 15) is 20.2 Å². The van der Waals surface area contributed by atoms with Crippen LogP contribution in [0.15, 0.2) is 52.2 Å². The van der Waals surface area contributed by atoms with Gasteiger partial charge in [-0.3, -0.25) is 20.2 Å². The molecule has 0 bridgehead atoms. The molecule has 0 atom stereocenters. The number of nitro groups is 2. The Morgan fingerprint density at radius 2 is 1.77 bits per heavy atom. The maximum Gasteiger partial charge on any atom is 0.286 e. The Morgan fingerprint density at radius 3 is 2.38 bits per heavy atom. The molecule has 0 aliphatic heterocycles. The van der Waals surface area contributed by atoms with Crippen LogP contribution in [0.1, 0.15) is 5.56 Å². The normalized spacial score (nSPS) is 10.7. The number of aromatic nitrogens is 2. The molecule has 0 saturated carbocycles. The molecule has 0 aliphatic carbocycles. The number of thioether (sulfide) groups is 1. The van der Waals surface area contributed by atoms with Crippen molar-refractivity contribution < 1.29 is 14.4 Å². The molecule has 26 heavy (non-hydrogen) atoms. The van der Waals surface area contributed by atoms with Crippen LogP contribution in [-0.2, 0) is 5.75 Å². The highest BCUT2D eigenvalue weighted by Crippen LogP contribution is 2.29. The molecule has 0 N–H and O–H groups in total. The van der Waals surface area contributed by atoms with Crippen LogP contribution in [0.2, 0.25) is 5.02 Å². The van der Waals surface area contributed by atoms with E-state index in [4.69, 9.17) is 16.1 Å². The smallest absolute Gasteiger partial charge is 0.286 e. The van der Waals surface area contributed by atoms with Crippen LogP contribution in [0.3, 0.4) is 0 Å². The monoisotopic (exact) mass is 392 g/mol. The van der Waals surface area contributed by atoms with Crippen molar-refractivity contribution in [3.63, 3.8) is 0 Å². The molecule has 0 fully saturated rings. The highest BCUT2D eigenvalue weighted by molar-refractivity contribution is 7.98. The van der Waals surface area contributed by atoms with Crippen molar-refractivity contribution in [3.05, 3.63) is 73.3 Å². The number of hydrogen-bond donors (Lipinski definition) is 0. The molecule has 0 saturated heterocycles. The minimum Gasteiger partial charge on any atom is -0.327 e. The van der Waals surface area contributed by atoms with Gasteiger partial charge in [-0.2, -0.15) is 4.98 Å². The molecule has 0 aliphatic rings. The van der Waals surface area contributed by atoms with E-state index in [0.29, 0.717) is 22.0 Å². The van der Waals surface area contributed by atoms with Crippen molar-refractivity contribution in [3.8, 4) is 11.4 Å². The molecule has 0 amide bonds. The van der Waals surface area contributed by atoms with Gasteiger partial charge in [-0.1, -0.05) is 40.7 Å². The number of non-ortho nitro benzene ring substituents is 2. The molecular formula is C15H9ClN4O5S. The maximum atomic E-state index is 10.9. The van der Waals surface area contributed by atoms with Gasteiger partial charge in [0, 0.05) is 28.5 Å². The Labute approximate surface area is 155 Å². The van der Waals surface area contributed by atoms with Gasteiger partial charge in [-0.15, -0.1) is 0 Å². The van der Waals surface area contributed by atoms with Gasteiger partial charge in [0.25, 0.3) is 16.6 Å². The van der Waals surface area contributed by atoms with E-state index in [2.05, 4.69) is 10.1 Å². The molecule has 9 nitrogen and oxygen atoms in total. The van der Waals surface area contributed by atoms with Gasteiger partial charge >= 0.3 is 0 Å². The van der Waals surface area contributed by atoms with Crippen LogP contribution in [0, 0.1) is 20.2 Å². The lowest BCUT2D eigenvalue weighted by Gasteiger charge is -1.99. The van der Waals surface area contributed by atoms with E-state index >= 15 is 0 Å². The topological polar surface area (TPSA) is 125 Å². The lowest BCUT2D eigenvalue weighted by Crippen LogP contribution is -1.95. The summed E-state index contributed by atoms with van der Waals surface area (Å²) in [6.07, 6.45) is 0. The second-order valence-corrected chi connectivity index (χ2v) is 6.42. The third-order valence-electron chi connectivity index (χ3n) is 3.24. The first-order chi connectivity index (χ1) is 12.4. The fraction of sp³-hybridized carbons (Fsp3) is 0.0667. The molecule has 0 spiro atoms. The molecule has 132 valence electrons. The van der Waals surface area contributed by atoms with Crippen molar-refractivity contribution in [2.45, 2.75) is 11.0 Å². The van der Waals surface area contributed by atoms with Crippen LogP contribution < -0.4 is 0 Å². The standard InChI is InChI=1S/C15H9ClN4O5S/c16-11-3-1-2-10(6-11)14-17-15(25-18-14)26-8-9-4-12(19(21)22)7-13(5-9)20(23)24/h1-7H,8H2. The first-order valence-corrected chi connectivity index (χ1v) is 8.44. The highest BCUT2D eigenvalue weighted by atomic mass is 35.5. The Morgan fingerprint density at radius 1 is 1.08 bits per heavy atom. The average molecular weight is 393 g/mol. The van der Waals surface area contributed by atoms with Gasteiger partial charge in [0.15, 0.2) is 0 Å². The van der Waals surface area contributed by atoms with Gasteiger partial charge in [0.05, 0.1) is 15.9 Å². The third kappa shape index (κ3) is 4.16. The Bertz CT molecular complexity index is 961. The molecule has 3 aromatic rings. The zero-order valence-corrected chi connectivity index (χ0v) is 14.4. The summed E-state index contributed by atoms with van der Waals surface area (Å²) in [4.78, 5) is 24.7. The summed E-state index contributed by atoms with van der Waals surface area (Å²) in [5, 5.41) is 26.4. The van der Waals surface area contributed by atoms with Crippen LogP contribution >= 0.6 is 23.4 Å². The summed E-state index contributed by atoms with van der Waals surface area (Å²) in [6, 6.07) is 10.4. The molecule has 11 heteroatoms. The summed E-state index contributed by atoms with van der Waals surface area (Å²) in [6.45, 7) is 0. The largest absolute Gasteiger partial charge is 0.327 e. The quantitative estimate of drug-likeness (QED) is 0.341. The predicted octanol–water partition coefficient (Wildman–Crippen LogP) is 4.50. The van der Waals surface area contributed by atoms with E-state index in [1.165, 1.54) is 12.1 Å². The molecule has 0 unspecified atom stereocenters. The number of rotatable bonds is 6. The molecule has 3 rings (SSSR count). The molecule has 2 aromatic carbocycles. The van der Waals surface area contributed by atoms with Gasteiger partial charge in [0.2, 0.25) is 5.82 Å². The van der Waals surface area contributed by atoms with Gasteiger partial charge in [-0.25, -0.2) is 0 Å². The van der Waals surface area contributed by atoms with Crippen molar-refractivity contribution in [2.75, 3.05) is 0 Å². The summed E-state index contributed by atoms with van der Waals surface area (Å²) in [7, 11) is 0. The third-order valence-corrected chi connectivity index (χ3v) is 4.36. The SMILES string of the molecule is O=[N+]([O-])c1cc(CSc2nc(-c3cccc(Cl)c3)no2)cc([N+](=O)[O-])c1. The van der Waals surface area contributed by atoms with E-state index < -0.39 is 9.85 Å². The predicted molar refractivity (Wildman–Crippen MR) is 94.1 cm³/mol. The van der Waals surface area contributed by atoms with Crippen molar-refractivity contribution in [2.24, 2.45) is 0 Å². The van der Waals surface area contributed by atoms with Crippen molar-refractivity contribution in [1.29, 1.82) is 0 Å². The molecule has 1 aromatic heterocycles. The molecule has 0 radical (unpaired) electrons. The Kier molecular flexibility index (Phi) is 5.14. The van der Waals surface area contributed by atoms with E-state index in [1.54, 1.807) is 24.3 Å². The minimum atomic E-state index is -0.675. The van der Waals surface area contributed by atoms with E-state index in [0.717, 1.165) is 17.8 Å². The van der Waals surface area contributed by atoms with Gasteiger partial charge in [-0.05, 0) is 17.7 Å². The zero-order valence-electron chi connectivity index (χ0n) is 12.9. The number of halogens is 1. The highest BCUT2D eigenvalue weighted by Gasteiger charge is 2.17. The summed E-state index contributed by atoms with van der Waals surface area (Å²) < 4.78 is 5.13. The number of nitro benzene ring substituents is 2. The fourth-order valence-electron chi connectivity index (χ4n) is 2.11. The second kappa shape index (κ2) is 7.50.